The summed E-state index contributed by atoms with van der Waals surface area (Å²) >= 11 is 5.82. The zero-order valence-corrected chi connectivity index (χ0v) is 13.0. The quantitative estimate of drug-likeness (QED) is 0.663. The zero-order chi connectivity index (χ0) is 16.0. The summed E-state index contributed by atoms with van der Waals surface area (Å²) < 4.78 is 0. The van der Waals surface area contributed by atoms with Gasteiger partial charge in [0.1, 0.15) is 0 Å². The summed E-state index contributed by atoms with van der Waals surface area (Å²) in [6.07, 6.45) is 0.258. The van der Waals surface area contributed by atoms with Gasteiger partial charge < -0.3 is 16.8 Å². The number of nitrogens with two attached hydrogens (primary N) is 2. The maximum Gasteiger partial charge on any atom is 0.231 e. The molecular formula is C14H21ClN4O2. The molecule has 7 heteroatoms. The first-order valence-electron chi connectivity index (χ1n) is 6.67. The molecule has 1 rings (SSSR count). The predicted octanol–water partition coefficient (Wildman–Crippen LogP) is 1.45. The van der Waals surface area contributed by atoms with Gasteiger partial charge in [-0.15, -0.1) is 0 Å². The number of hydrogen-bond donors (Lipinski definition) is 3. The lowest BCUT2D eigenvalue weighted by molar-refractivity contribution is -0.121. The van der Waals surface area contributed by atoms with Gasteiger partial charge in [0.15, 0.2) is 0 Å². The molecule has 0 aliphatic carbocycles. The molecule has 0 saturated heterocycles. The SMILES string of the molecule is CC(C)N(CCC(=O)Nc1ccc(Cl)c(N)c1)CC(N)=O. The van der Waals surface area contributed by atoms with Crippen LogP contribution in [-0.2, 0) is 9.59 Å². The third-order valence-corrected chi connectivity index (χ3v) is 3.34. The Morgan fingerprint density at radius 3 is 2.57 bits per heavy atom. The number of nitrogens with one attached hydrogen (secondary N) is 1. The number of hydrogen-bond acceptors (Lipinski definition) is 4. The van der Waals surface area contributed by atoms with Gasteiger partial charge in [0.2, 0.25) is 11.8 Å². The van der Waals surface area contributed by atoms with Crippen LogP contribution in [0.5, 0.6) is 0 Å². The van der Waals surface area contributed by atoms with Gasteiger partial charge in [-0.1, -0.05) is 11.6 Å². The van der Waals surface area contributed by atoms with Crippen LogP contribution in [0.3, 0.4) is 0 Å². The van der Waals surface area contributed by atoms with Gasteiger partial charge >= 0.3 is 0 Å². The van der Waals surface area contributed by atoms with E-state index in [1.54, 1.807) is 18.2 Å². The lowest BCUT2D eigenvalue weighted by atomic mass is 10.2. The summed E-state index contributed by atoms with van der Waals surface area (Å²) in [6.45, 7) is 4.48. The molecule has 0 aliphatic rings. The van der Waals surface area contributed by atoms with Gasteiger partial charge in [-0.3, -0.25) is 14.5 Å². The molecule has 21 heavy (non-hydrogen) atoms. The molecule has 5 N–H and O–H groups in total. The number of carbonyl (C=O) groups excluding carboxylic acids is 2. The van der Waals surface area contributed by atoms with Crippen LogP contribution >= 0.6 is 11.6 Å². The summed E-state index contributed by atoms with van der Waals surface area (Å²) in [5, 5.41) is 3.18. The van der Waals surface area contributed by atoms with Crippen molar-refractivity contribution in [3.63, 3.8) is 0 Å². The lowest BCUT2D eigenvalue weighted by Gasteiger charge is -2.24. The highest BCUT2D eigenvalue weighted by Crippen LogP contribution is 2.22. The molecule has 0 heterocycles. The van der Waals surface area contributed by atoms with Crippen LogP contribution < -0.4 is 16.8 Å². The number of rotatable bonds is 7. The molecule has 1 aromatic carbocycles. The second kappa shape index (κ2) is 7.85. The van der Waals surface area contributed by atoms with Gasteiger partial charge in [-0.25, -0.2) is 0 Å². The minimum absolute atomic E-state index is 0.136. The Morgan fingerprint density at radius 2 is 2.05 bits per heavy atom. The van der Waals surface area contributed by atoms with Crippen molar-refractivity contribution in [2.75, 3.05) is 24.1 Å². The molecule has 0 aliphatic heterocycles. The van der Waals surface area contributed by atoms with Crippen molar-refractivity contribution in [3.8, 4) is 0 Å². The molecule has 0 bridgehead atoms. The van der Waals surface area contributed by atoms with Crippen molar-refractivity contribution >= 4 is 34.8 Å². The number of carbonyl (C=O) groups is 2. The van der Waals surface area contributed by atoms with Gasteiger partial charge in [0, 0.05) is 24.7 Å². The number of benzene rings is 1. The first kappa shape index (κ1) is 17.3. The Hall–Kier alpha value is -1.79. The summed E-state index contributed by atoms with van der Waals surface area (Å²) in [4.78, 5) is 24.7. The van der Waals surface area contributed by atoms with Crippen LogP contribution in [0.1, 0.15) is 20.3 Å². The second-order valence-corrected chi connectivity index (χ2v) is 5.47. The van der Waals surface area contributed by atoms with E-state index in [1.165, 1.54) is 0 Å². The monoisotopic (exact) mass is 312 g/mol. The highest BCUT2D eigenvalue weighted by Gasteiger charge is 2.14. The van der Waals surface area contributed by atoms with Crippen LogP contribution in [0.2, 0.25) is 5.02 Å². The number of halogens is 1. The molecule has 0 unspecified atom stereocenters. The topological polar surface area (TPSA) is 101 Å². The van der Waals surface area contributed by atoms with E-state index in [2.05, 4.69) is 5.32 Å². The largest absolute Gasteiger partial charge is 0.397 e. The third-order valence-electron chi connectivity index (χ3n) is 3.00. The first-order chi connectivity index (χ1) is 9.79. The summed E-state index contributed by atoms with van der Waals surface area (Å²) in [6, 6.07) is 5.04. The fourth-order valence-electron chi connectivity index (χ4n) is 1.81. The average Bonchev–Trinajstić information content (AvgIpc) is 2.38. The zero-order valence-electron chi connectivity index (χ0n) is 12.2. The van der Waals surface area contributed by atoms with E-state index >= 15 is 0 Å². The van der Waals surface area contributed by atoms with Crippen LogP contribution in [0.25, 0.3) is 0 Å². The Kier molecular flexibility index (Phi) is 6.45. The van der Waals surface area contributed by atoms with Crippen molar-refractivity contribution in [1.82, 2.24) is 4.90 Å². The molecule has 0 atom stereocenters. The fourth-order valence-corrected chi connectivity index (χ4v) is 1.93. The van der Waals surface area contributed by atoms with E-state index in [0.717, 1.165) is 0 Å². The van der Waals surface area contributed by atoms with E-state index < -0.39 is 5.91 Å². The Labute approximate surface area is 129 Å². The van der Waals surface area contributed by atoms with E-state index in [4.69, 9.17) is 23.1 Å². The second-order valence-electron chi connectivity index (χ2n) is 5.07. The van der Waals surface area contributed by atoms with Gasteiger partial charge in [-0.2, -0.15) is 0 Å². The van der Waals surface area contributed by atoms with Crippen molar-refractivity contribution in [1.29, 1.82) is 0 Å². The Balaban J connectivity index is 2.52. The highest BCUT2D eigenvalue weighted by molar-refractivity contribution is 6.33. The van der Waals surface area contributed by atoms with Gasteiger partial charge in [-0.05, 0) is 32.0 Å². The first-order valence-corrected chi connectivity index (χ1v) is 7.04. The predicted molar refractivity (Wildman–Crippen MR) is 85.0 cm³/mol. The summed E-state index contributed by atoms with van der Waals surface area (Å²) in [5.41, 5.74) is 11.9. The number of nitrogens with zero attached hydrogens (tertiary/aromatic N) is 1. The van der Waals surface area contributed by atoms with Crippen molar-refractivity contribution < 1.29 is 9.59 Å². The van der Waals surface area contributed by atoms with E-state index in [0.29, 0.717) is 22.9 Å². The average molecular weight is 313 g/mol. The minimum atomic E-state index is -0.408. The van der Waals surface area contributed by atoms with Crippen LogP contribution in [0.15, 0.2) is 18.2 Å². The van der Waals surface area contributed by atoms with Gasteiger partial charge in [0.05, 0.1) is 17.3 Å². The van der Waals surface area contributed by atoms with Crippen molar-refractivity contribution in [2.24, 2.45) is 5.73 Å². The molecule has 0 aromatic heterocycles. The smallest absolute Gasteiger partial charge is 0.231 e. The maximum absolute atomic E-state index is 11.9. The van der Waals surface area contributed by atoms with Crippen LogP contribution in [0.4, 0.5) is 11.4 Å². The Bertz CT molecular complexity index is 520. The fraction of sp³-hybridized carbons (Fsp3) is 0.429. The number of primary amides is 1. The standard InChI is InChI=1S/C14H21ClN4O2/c1-9(2)19(8-13(17)20)6-5-14(21)18-10-3-4-11(15)12(16)7-10/h3-4,7,9H,5-6,8,16H2,1-2H3,(H2,17,20)(H,18,21). The number of nitrogen functional groups attached to an aromatic ring is 1. The highest BCUT2D eigenvalue weighted by atomic mass is 35.5. The molecule has 1 aromatic rings. The maximum atomic E-state index is 11.9. The molecule has 0 radical (unpaired) electrons. The molecule has 116 valence electrons. The van der Waals surface area contributed by atoms with Crippen LogP contribution in [0, 0.1) is 0 Å². The number of anilines is 2. The molecule has 6 nitrogen and oxygen atoms in total. The van der Waals surface area contributed by atoms with Gasteiger partial charge in [0.25, 0.3) is 0 Å². The van der Waals surface area contributed by atoms with Crippen LogP contribution in [-0.4, -0.2) is 35.8 Å². The van der Waals surface area contributed by atoms with Crippen molar-refractivity contribution in [3.05, 3.63) is 23.2 Å². The molecular weight excluding hydrogens is 292 g/mol. The molecule has 2 amide bonds. The Morgan fingerprint density at radius 1 is 1.38 bits per heavy atom. The summed E-state index contributed by atoms with van der Waals surface area (Å²) in [5.74, 6) is -0.568. The molecule has 0 saturated carbocycles. The lowest BCUT2D eigenvalue weighted by Crippen LogP contribution is -2.40. The molecule has 0 fully saturated rings. The van der Waals surface area contributed by atoms with E-state index in [9.17, 15) is 9.59 Å². The number of amides is 2. The molecule has 0 spiro atoms. The summed E-state index contributed by atoms with van der Waals surface area (Å²) in [7, 11) is 0. The normalized spacial score (nSPS) is 10.9. The third kappa shape index (κ3) is 6.01. The minimum Gasteiger partial charge on any atom is -0.397 e. The van der Waals surface area contributed by atoms with Crippen molar-refractivity contribution in [2.45, 2.75) is 26.3 Å². The van der Waals surface area contributed by atoms with E-state index in [1.807, 2.05) is 18.7 Å². The van der Waals surface area contributed by atoms with E-state index in [-0.39, 0.29) is 24.9 Å².